The number of rotatable bonds is 6. The first-order valence-corrected chi connectivity index (χ1v) is 12.5. The van der Waals surface area contributed by atoms with Crippen molar-refractivity contribution in [1.82, 2.24) is 14.8 Å². The van der Waals surface area contributed by atoms with Gasteiger partial charge in [-0.15, -0.1) is 0 Å². The SMILES string of the molecule is CC(C)(C)c1cc(NC(=O)Nc2ccc(-c3cccc4c(O)[nH]cc34)cc2)n(-c2cccc(CC(N)=O)c2)n1. The molecule has 0 unspecified atom stereocenters. The Morgan fingerprint density at radius 2 is 1.72 bits per heavy atom. The van der Waals surface area contributed by atoms with Crippen molar-refractivity contribution in [1.29, 1.82) is 0 Å². The first-order chi connectivity index (χ1) is 18.6. The van der Waals surface area contributed by atoms with E-state index >= 15 is 0 Å². The molecule has 3 amide bonds. The molecule has 0 saturated carbocycles. The number of hydrogen-bond acceptors (Lipinski definition) is 4. The highest BCUT2D eigenvalue weighted by Gasteiger charge is 2.22. The van der Waals surface area contributed by atoms with Crippen LogP contribution in [-0.4, -0.2) is 31.8 Å². The number of carbonyl (C=O) groups excluding carboxylic acids is 2. The molecule has 0 aliphatic rings. The Morgan fingerprint density at radius 1 is 0.974 bits per heavy atom. The summed E-state index contributed by atoms with van der Waals surface area (Å²) in [5.74, 6) is 0.203. The molecule has 0 bridgehead atoms. The van der Waals surface area contributed by atoms with Crippen LogP contribution >= 0.6 is 0 Å². The second-order valence-corrected chi connectivity index (χ2v) is 10.5. The number of aromatic amines is 1. The van der Waals surface area contributed by atoms with Crippen LogP contribution in [-0.2, 0) is 16.6 Å². The van der Waals surface area contributed by atoms with Crippen LogP contribution in [0.2, 0.25) is 0 Å². The van der Waals surface area contributed by atoms with Gasteiger partial charge in [-0.25, -0.2) is 9.48 Å². The standard InChI is InChI=1S/C30H30N6O3/c1-30(2,3)25-16-27(36(35-25)21-7-4-6-18(14-21)15-26(31)37)34-29(39)33-20-12-10-19(11-13-20)22-8-5-9-23-24(22)17-32-28(23)38/h4-14,16-17,32,38H,15H2,1-3H3,(H2,31,37)(H2,33,34,39). The summed E-state index contributed by atoms with van der Waals surface area (Å²) in [6.45, 7) is 6.14. The van der Waals surface area contributed by atoms with Crippen molar-refractivity contribution >= 4 is 34.2 Å². The molecule has 0 saturated heterocycles. The number of carbonyl (C=O) groups is 2. The van der Waals surface area contributed by atoms with Crippen molar-refractivity contribution in [2.75, 3.05) is 10.6 Å². The fourth-order valence-corrected chi connectivity index (χ4v) is 4.44. The molecule has 3 aromatic carbocycles. The maximum atomic E-state index is 13.0. The number of benzene rings is 3. The zero-order valence-corrected chi connectivity index (χ0v) is 21.9. The topological polar surface area (TPSA) is 138 Å². The maximum absolute atomic E-state index is 13.0. The lowest BCUT2D eigenvalue weighted by Gasteiger charge is -2.14. The number of aromatic nitrogens is 3. The predicted molar refractivity (Wildman–Crippen MR) is 153 cm³/mol. The van der Waals surface area contributed by atoms with E-state index in [1.165, 1.54) is 0 Å². The summed E-state index contributed by atoms with van der Waals surface area (Å²) in [7, 11) is 0. The van der Waals surface area contributed by atoms with Crippen molar-refractivity contribution in [2.24, 2.45) is 5.73 Å². The monoisotopic (exact) mass is 522 g/mol. The van der Waals surface area contributed by atoms with E-state index in [0.29, 0.717) is 17.2 Å². The first kappa shape index (κ1) is 25.6. The van der Waals surface area contributed by atoms with Gasteiger partial charge in [-0.1, -0.05) is 57.2 Å². The number of urea groups is 1. The van der Waals surface area contributed by atoms with Crippen molar-refractivity contribution in [2.45, 2.75) is 32.6 Å². The van der Waals surface area contributed by atoms with Crippen LogP contribution in [0.5, 0.6) is 5.88 Å². The highest BCUT2D eigenvalue weighted by atomic mass is 16.3. The van der Waals surface area contributed by atoms with Crippen LogP contribution in [0.3, 0.4) is 0 Å². The van der Waals surface area contributed by atoms with Gasteiger partial charge in [0, 0.05) is 34.1 Å². The highest BCUT2D eigenvalue weighted by molar-refractivity contribution is 6.01. The Balaban J connectivity index is 1.37. The quantitative estimate of drug-likeness (QED) is 0.195. The number of anilines is 2. The molecule has 5 rings (SSSR count). The maximum Gasteiger partial charge on any atom is 0.324 e. The number of fused-ring (bicyclic) bond motifs is 1. The Bertz CT molecular complexity index is 1680. The van der Waals surface area contributed by atoms with E-state index in [9.17, 15) is 14.7 Å². The number of hydrogen-bond donors (Lipinski definition) is 5. The Labute approximate surface area is 225 Å². The van der Waals surface area contributed by atoms with Crippen LogP contribution in [0, 0.1) is 0 Å². The van der Waals surface area contributed by atoms with E-state index in [0.717, 1.165) is 33.2 Å². The van der Waals surface area contributed by atoms with Gasteiger partial charge in [0.1, 0.15) is 5.82 Å². The smallest absolute Gasteiger partial charge is 0.324 e. The molecule has 0 aliphatic carbocycles. The molecule has 0 aliphatic heterocycles. The van der Waals surface area contributed by atoms with Gasteiger partial charge < -0.3 is 21.1 Å². The van der Waals surface area contributed by atoms with Gasteiger partial charge in [0.15, 0.2) is 5.88 Å². The van der Waals surface area contributed by atoms with Crippen LogP contribution in [0.1, 0.15) is 32.0 Å². The van der Waals surface area contributed by atoms with Crippen LogP contribution < -0.4 is 16.4 Å². The third kappa shape index (κ3) is 5.47. The Hall–Kier alpha value is -5.05. The minimum atomic E-state index is -0.422. The summed E-state index contributed by atoms with van der Waals surface area (Å²) in [6.07, 6.45) is 1.89. The molecular formula is C30H30N6O3. The van der Waals surface area contributed by atoms with Gasteiger partial charge >= 0.3 is 6.03 Å². The van der Waals surface area contributed by atoms with E-state index < -0.39 is 11.9 Å². The second kappa shape index (κ2) is 10.0. The van der Waals surface area contributed by atoms with Crippen LogP contribution in [0.15, 0.2) is 79.0 Å². The summed E-state index contributed by atoms with van der Waals surface area (Å²) in [5, 5.41) is 22.2. The first-order valence-electron chi connectivity index (χ1n) is 12.5. The Morgan fingerprint density at radius 3 is 2.44 bits per heavy atom. The molecule has 0 atom stereocenters. The van der Waals surface area contributed by atoms with Crippen molar-refractivity contribution in [3.63, 3.8) is 0 Å². The zero-order chi connectivity index (χ0) is 27.7. The molecule has 2 heterocycles. The molecule has 9 heteroatoms. The summed E-state index contributed by atoms with van der Waals surface area (Å²) in [6, 6.07) is 22.0. The molecule has 6 N–H and O–H groups in total. The minimum Gasteiger partial charge on any atom is -0.494 e. The second-order valence-electron chi connectivity index (χ2n) is 10.5. The highest BCUT2D eigenvalue weighted by Crippen LogP contribution is 2.33. The summed E-state index contributed by atoms with van der Waals surface area (Å²) >= 11 is 0. The number of nitrogens with one attached hydrogen (secondary N) is 3. The number of nitrogens with zero attached hydrogens (tertiary/aromatic N) is 2. The minimum absolute atomic E-state index is 0.111. The summed E-state index contributed by atoms with van der Waals surface area (Å²) < 4.78 is 1.65. The van der Waals surface area contributed by atoms with Crippen molar-refractivity contribution < 1.29 is 14.7 Å². The average Bonchev–Trinajstić information content (AvgIpc) is 3.48. The third-order valence-corrected chi connectivity index (χ3v) is 6.42. The normalized spacial score (nSPS) is 11.5. The lowest BCUT2D eigenvalue weighted by molar-refractivity contribution is -0.117. The van der Waals surface area contributed by atoms with E-state index in [1.807, 2.05) is 93.6 Å². The molecule has 0 radical (unpaired) electrons. The lowest BCUT2D eigenvalue weighted by Crippen LogP contribution is -2.21. The lowest BCUT2D eigenvalue weighted by atomic mass is 9.92. The van der Waals surface area contributed by atoms with Gasteiger partial charge in [-0.3, -0.25) is 10.1 Å². The number of primary amides is 1. The van der Waals surface area contributed by atoms with Gasteiger partial charge in [-0.2, -0.15) is 5.10 Å². The molecule has 0 fully saturated rings. The third-order valence-electron chi connectivity index (χ3n) is 6.42. The van der Waals surface area contributed by atoms with Gasteiger partial charge in [0.05, 0.1) is 17.8 Å². The average molecular weight is 523 g/mol. The predicted octanol–water partition coefficient (Wildman–Crippen LogP) is 5.70. The Kier molecular flexibility index (Phi) is 6.57. The number of H-pyrrole nitrogens is 1. The molecule has 9 nitrogen and oxygen atoms in total. The fraction of sp³-hybridized carbons (Fsp3) is 0.167. The molecule has 0 spiro atoms. The van der Waals surface area contributed by atoms with Gasteiger partial charge in [0.25, 0.3) is 0 Å². The largest absolute Gasteiger partial charge is 0.494 e. The summed E-state index contributed by atoms with van der Waals surface area (Å²) in [5.41, 5.74) is 9.92. The van der Waals surface area contributed by atoms with E-state index in [1.54, 1.807) is 10.9 Å². The van der Waals surface area contributed by atoms with Crippen LogP contribution in [0.25, 0.3) is 27.6 Å². The zero-order valence-electron chi connectivity index (χ0n) is 21.9. The molecule has 2 aromatic heterocycles. The van der Waals surface area contributed by atoms with Gasteiger partial charge in [-0.05, 0) is 47.0 Å². The molecule has 198 valence electrons. The molecular weight excluding hydrogens is 492 g/mol. The number of nitrogens with two attached hydrogens (primary N) is 1. The van der Waals surface area contributed by atoms with Gasteiger partial charge in [0.2, 0.25) is 5.91 Å². The van der Waals surface area contributed by atoms with E-state index in [2.05, 4.69) is 15.6 Å². The number of amides is 3. The van der Waals surface area contributed by atoms with Crippen LogP contribution in [0.4, 0.5) is 16.3 Å². The van der Waals surface area contributed by atoms with Crippen molar-refractivity contribution in [3.8, 4) is 22.7 Å². The summed E-state index contributed by atoms with van der Waals surface area (Å²) in [4.78, 5) is 27.3. The fourth-order valence-electron chi connectivity index (χ4n) is 4.44. The molecule has 39 heavy (non-hydrogen) atoms. The number of aromatic hydroxyl groups is 1. The van der Waals surface area contributed by atoms with E-state index in [-0.39, 0.29) is 17.7 Å². The molecule has 5 aromatic rings. The van der Waals surface area contributed by atoms with E-state index in [4.69, 9.17) is 10.8 Å². The van der Waals surface area contributed by atoms with Crippen molar-refractivity contribution in [3.05, 3.63) is 90.3 Å².